The van der Waals surface area contributed by atoms with Crippen LogP contribution in [-0.2, 0) is 24.0 Å². The van der Waals surface area contributed by atoms with Crippen LogP contribution in [0.15, 0.2) is 12.4 Å². The molecule has 0 unspecified atom stereocenters. The Hall–Kier alpha value is -0.336. The van der Waals surface area contributed by atoms with Gasteiger partial charge in [0.15, 0.2) is 0 Å². The zero-order chi connectivity index (χ0) is 7.61. The van der Waals surface area contributed by atoms with Gasteiger partial charge in [-0.05, 0) is 0 Å². The van der Waals surface area contributed by atoms with E-state index >= 15 is 0 Å². The van der Waals surface area contributed by atoms with Gasteiger partial charge in [-0.15, -0.1) is 12.4 Å². The third kappa shape index (κ3) is 3.04. The maximum Gasteiger partial charge on any atom is 0.127 e. The first-order valence-electron chi connectivity index (χ1n) is 3.29. The minimum absolute atomic E-state index is 0. The van der Waals surface area contributed by atoms with Gasteiger partial charge in [-0.1, -0.05) is 20.8 Å². The van der Waals surface area contributed by atoms with E-state index in [4.69, 9.17) is 0 Å². The smallest absolute Gasteiger partial charge is 0.127 e. The monoisotopic (exact) mass is 186 g/mol. The van der Waals surface area contributed by atoms with Gasteiger partial charge in [0.1, 0.15) is 5.82 Å². The molecule has 1 radical (unpaired) electrons. The van der Waals surface area contributed by atoms with E-state index in [0.717, 1.165) is 5.82 Å². The van der Waals surface area contributed by atoms with E-state index in [9.17, 15) is 0 Å². The van der Waals surface area contributed by atoms with E-state index in [1.807, 2.05) is 0 Å². The van der Waals surface area contributed by atoms with E-state index in [0.29, 0.717) is 0 Å². The van der Waals surface area contributed by atoms with Gasteiger partial charge in [-0.3, -0.25) is 9.97 Å². The number of hydrogen-bond acceptors (Lipinski definition) is 2. The van der Waals surface area contributed by atoms with Crippen molar-refractivity contribution in [2.75, 3.05) is 0 Å². The summed E-state index contributed by atoms with van der Waals surface area (Å²) in [6.07, 6.45) is 3.29. The van der Waals surface area contributed by atoms with Crippen LogP contribution in [-0.4, -0.2) is 9.97 Å². The first-order valence-corrected chi connectivity index (χ1v) is 3.29. The molecule has 0 aliphatic heterocycles. The zero-order valence-electron chi connectivity index (χ0n) is 7.00. The van der Waals surface area contributed by atoms with Crippen LogP contribution in [0.3, 0.4) is 0 Å². The van der Waals surface area contributed by atoms with Crippen molar-refractivity contribution >= 4 is 0 Å². The number of nitrogens with zero attached hydrogens (tertiary/aromatic N) is 2. The molecule has 1 aromatic heterocycles. The SMILES string of the molecule is CC(C)(C)c1nc[c-]cn1.[V]. The summed E-state index contributed by atoms with van der Waals surface area (Å²) < 4.78 is 0. The van der Waals surface area contributed by atoms with E-state index in [2.05, 4.69) is 36.8 Å². The molecule has 0 amide bonds. The van der Waals surface area contributed by atoms with Crippen LogP contribution < -0.4 is 0 Å². The van der Waals surface area contributed by atoms with Crippen LogP contribution in [0.5, 0.6) is 0 Å². The first kappa shape index (κ1) is 10.7. The van der Waals surface area contributed by atoms with Crippen molar-refractivity contribution < 1.29 is 18.6 Å². The topological polar surface area (TPSA) is 25.8 Å². The second-order valence-corrected chi connectivity index (χ2v) is 3.26. The summed E-state index contributed by atoms with van der Waals surface area (Å²) in [4.78, 5) is 8.17. The Morgan fingerprint density at radius 2 is 1.64 bits per heavy atom. The van der Waals surface area contributed by atoms with Gasteiger partial charge in [0, 0.05) is 24.0 Å². The molecule has 0 saturated carbocycles. The molecular weight excluding hydrogens is 175 g/mol. The molecular formula is C8H11N2V-. The Morgan fingerprint density at radius 3 is 1.91 bits per heavy atom. The molecule has 1 aromatic rings. The van der Waals surface area contributed by atoms with Crippen LogP contribution in [0.4, 0.5) is 0 Å². The van der Waals surface area contributed by atoms with E-state index < -0.39 is 0 Å². The quantitative estimate of drug-likeness (QED) is 0.575. The molecule has 0 fully saturated rings. The normalized spacial score (nSPS) is 10.5. The Bertz CT molecular complexity index is 203. The fourth-order valence-electron chi connectivity index (χ4n) is 0.651. The van der Waals surface area contributed by atoms with Crippen molar-refractivity contribution in [1.82, 2.24) is 9.97 Å². The largest absolute Gasteiger partial charge is 0.434 e. The Morgan fingerprint density at radius 1 is 1.18 bits per heavy atom. The van der Waals surface area contributed by atoms with Gasteiger partial charge in [0.2, 0.25) is 0 Å². The van der Waals surface area contributed by atoms with Crippen molar-refractivity contribution in [3.05, 3.63) is 24.3 Å². The molecule has 0 bridgehead atoms. The molecule has 59 valence electrons. The minimum Gasteiger partial charge on any atom is -0.434 e. The third-order valence-electron chi connectivity index (χ3n) is 1.19. The van der Waals surface area contributed by atoms with Crippen molar-refractivity contribution in [3.8, 4) is 0 Å². The molecule has 1 heterocycles. The molecule has 0 saturated heterocycles. The van der Waals surface area contributed by atoms with Crippen molar-refractivity contribution in [1.29, 1.82) is 0 Å². The van der Waals surface area contributed by atoms with Gasteiger partial charge in [0.05, 0.1) is 0 Å². The predicted molar refractivity (Wildman–Crippen MR) is 39.6 cm³/mol. The second kappa shape index (κ2) is 3.89. The van der Waals surface area contributed by atoms with Crippen LogP contribution in [0.25, 0.3) is 0 Å². The molecule has 11 heavy (non-hydrogen) atoms. The maximum atomic E-state index is 4.08. The summed E-state index contributed by atoms with van der Waals surface area (Å²) in [7, 11) is 0. The first-order chi connectivity index (χ1) is 4.61. The van der Waals surface area contributed by atoms with Gasteiger partial charge in [-0.25, -0.2) is 0 Å². The average molecular weight is 186 g/mol. The molecule has 1 rings (SSSR count). The summed E-state index contributed by atoms with van der Waals surface area (Å²) in [6, 6.07) is 2.78. The standard InChI is InChI=1S/C8H11N2.V/c1-8(2,3)7-9-5-4-6-10-7;/h5-6H,1-3H3;/q-1;. The van der Waals surface area contributed by atoms with Gasteiger partial charge < -0.3 is 6.07 Å². The number of aromatic nitrogens is 2. The van der Waals surface area contributed by atoms with E-state index in [1.54, 1.807) is 12.4 Å². The molecule has 2 nitrogen and oxygen atoms in total. The molecule has 0 aromatic carbocycles. The zero-order valence-corrected chi connectivity index (χ0v) is 8.39. The van der Waals surface area contributed by atoms with Crippen LogP contribution in [0.1, 0.15) is 26.6 Å². The number of hydrogen-bond donors (Lipinski definition) is 0. The Balaban J connectivity index is 0.000001000. The van der Waals surface area contributed by atoms with Gasteiger partial charge >= 0.3 is 0 Å². The Labute approximate surface area is 79.3 Å². The molecule has 0 aliphatic carbocycles. The van der Waals surface area contributed by atoms with Crippen molar-refractivity contribution in [2.24, 2.45) is 0 Å². The van der Waals surface area contributed by atoms with Crippen LogP contribution in [0.2, 0.25) is 0 Å². The van der Waals surface area contributed by atoms with Crippen molar-refractivity contribution in [3.63, 3.8) is 0 Å². The molecule has 0 N–H and O–H groups in total. The summed E-state index contributed by atoms with van der Waals surface area (Å²) in [5, 5.41) is 0. The number of rotatable bonds is 0. The van der Waals surface area contributed by atoms with Crippen LogP contribution in [0, 0.1) is 6.07 Å². The summed E-state index contributed by atoms with van der Waals surface area (Å²) >= 11 is 0. The molecule has 0 atom stereocenters. The van der Waals surface area contributed by atoms with Crippen molar-refractivity contribution in [2.45, 2.75) is 26.2 Å². The summed E-state index contributed by atoms with van der Waals surface area (Å²) in [5.41, 5.74) is 0.0507. The van der Waals surface area contributed by atoms with E-state index in [1.165, 1.54) is 0 Å². The predicted octanol–water partition coefficient (Wildman–Crippen LogP) is 1.57. The summed E-state index contributed by atoms with van der Waals surface area (Å²) in [5.74, 6) is 0.867. The second-order valence-electron chi connectivity index (χ2n) is 3.26. The Kier molecular flexibility index (Phi) is 3.77. The van der Waals surface area contributed by atoms with E-state index in [-0.39, 0.29) is 24.0 Å². The average Bonchev–Trinajstić information content (AvgIpc) is 1.88. The minimum atomic E-state index is 0. The molecule has 3 heteroatoms. The fourth-order valence-corrected chi connectivity index (χ4v) is 0.651. The summed E-state index contributed by atoms with van der Waals surface area (Å²) in [6.45, 7) is 6.26. The molecule has 0 aliphatic rings. The van der Waals surface area contributed by atoms with Gasteiger partial charge in [0.25, 0.3) is 0 Å². The van der Waals surface area contributed by atoms with Gasteiger partial charge in [-0.2, -0.15) is 0 Å². The fraction of sp³-hybridized carbons (Fsp3) is 0.500. The van der Waals surface area contributed by atoms with Crippen LogP contribution >= 0.6 is 0 Å². The third-order valence-corrected chi connectivity index (χ3v) is 1.19. The molecule has 0 spiro atoms. The maximum absolute atomic E-state index is 4.08.